The molecule has 0 unspecified atom stereocenters. The van der Waals surface area contributed by atoms with Crippen LogP contribution in [-0.4, -0.2) is 33.8 Å². The number of nitro groups is 1. The van der Waals surface area contributed by atoms with E-state index in [0.717, 1.165) is 11.3 Å². The van der Waals surface area contributed by atoms with Crippen LogP contribution in [0.15, 0.2) is 48.5 Å². The van der Waals surface area contributed by atoms with Crippen molar-refractivity contribution >= 4 is 22.5 Å². The molecule has 0 bridgehead atoms. The molecule has 0 fully saturated rings. The van der Waals surface area contributed by atoms with Crippen LogP contribution >= 0.6 is 0 Å². The fourth-order valence-electron chi connectivity index (χ4n) is 2.96. The molecule has 0 atom stereocenters. The van der Waals surface area contributed by atoms with Gasteiger partial charge in [0.2, 0.25) is 0 Å². The van der Waals surface area contributed by atoms with Crippen LogP contribution in [0, 0.1) is 10.1 Å². The van der Waals surface area contributed by atoms with Crippen LogP contribution < -0.4 is 0 Å². The van der Waals surface area contributed by atoms with Gasteiger partial charge in [-0.1, -0.05) is 30.3 Å². The van der Waals surface area contributed by atoms with Crippen molar-refractivity contribution in [3.8, 4) is 11.3 Å². The van der Waals surface area contributed by atoms with Crippen molar-refractivity contribution in [2.24, 2.45) is 0 Å². The van der Waals surface area contributed by atoms with Gasteiger partial charge < -0.3 is 9.88 Å². The van der Waals surface area contributed by atoms with E-state index in [1.54, 1.807) is 11.0 Å². The highest BCUT2D eigenvalue weighted by atomic mass is 16.6. The summed E-state index contributed by atoms with van der Waals surface area (Å²) in [5, 5.41) is 12.2. The van der Waals surface area contributed by atoms with Gasteiger partial charge >= 0.3 is 0 Å². The molecule has 0 aliphatic rings. The number of fused-ring (bicyclic) bond motifs is 1. The van der Waals surface area contributed by atoms with Gasteiger partial charge in [-0.3, -0.25) is 14.9 Å². The van der Waals surface area contributed by atoms with E-state index in [1.165, 1.54) is 6.07 Å². The maximum absolute atomic E-state index is 12.6. The fourth-order valence-corrected chi connectivity index (χ4v) is 2.96. The summed E-state index contributed by atoms with van der Waals surface area (Å²) in [7, 11) is 0. The standard InChI is InChI=1S/C19H19N3O3/c1-3-21(4-2)19(23)15-10-14-11-16(13-8-6-5-7-9-13)20-18(14)17(12-15)22(24)25/h5-12,20H,3-4H2,1-2H3. The summed E-state index contributed by atoms with van der Waals surface area (Å²) in [5.41, 5.74) is 2.40. The van der Waals surface area contributed by atoms with Gasteiger partial charge in [0.25, 0.3) is 11.6 Å². The number of rotatable bonds is 5. The average Bonchev–Trinajstić information content (AvgIpc) is 3.06. The number of non-ortho nitro benzene ring substituents is 1. The largest absolute Gasteiger partial charge is 0.349 e. The summed E-state index contributed by atoms with van der Waals surface area (Å²) in [5.74, 6) is -0.197. The zero-order valence-electron chi connectivity index (χ0n) is 14.2. The normalized spacial score (nSPS) is 10.8. The number of nitrogens with one attached hydrogen (secondary N) is 1. The minimum Gasteiger partial charge on any atom is -0.349 e. The third kappa shape index (κ3) is 3.10. The number of nitrogens with zero attached hydrogens (tertiary/aromatic N) is 2. The van der Waals surface area contributed by atoms with E-state index in [-0.39, 0.29) is 11.6 Å². The zero-order chi connectivity index (χ0) is 18.0. The average molecular weight is 337 g/mol. The lowest BCUT2D eigenvalue weighted by Crippen LogP contribution is -2.30. The maximum atomic E-state index is 12.6. The Morgan fingerprint density at radius 3 is 2.40 bits per heavy atom. The Kier molecular flexibility index (Phi) is 4.52. The van der Waals surface area contributed by atoms with E-state index in [2.05, 4.69) is 4.98 Å². The van der Waals surface area contributed by atoms with Gasteiger partial charge in [0.15, 0.2) is 0 Å². The van der Waals surface area contributed by atoms with E-state index in [4.69, 9.17) is 0 Å². The molecule has 1 N–H and O–H groups in total. The molecular formula is C19H19N3O3. The molecule has 0 saturated carbocycles. The van der Waals surface area contributed by atoms with Gasteiger partial charge in [0.1, 0.15) is 5.52 Å². The summed E-state index contributed by atoms with van der Waals surface area (Å²) < 4.78 is 0. The smallest absolute Gasteiger partial charge is 0.294 e. The molecule has 3 aromatic rings. The van der Waals surface area contributed by atoms with Crippen LogP contribution in [0.3, 0.4) is 0 Å². The van der Waals surface area contributed by atoms with E-state index < -0.39 is 4.92 Å². The van der Waals surface area contributed by atoms with E-state index in [9.17, 15) is 14.9 Å². The lowest BCUT2D eigenvalue weighted by atomic mass is 10.1. The Hall–Kier alpha value is -3.15. The van der Waals surface area contributed by atoms with Crippen molar-refractivity contribution in [3.05, 3.63) is 64.2 Å². The highest BCUT2D eigenvalue weighted by Gasteiger charge is 2.21. The van der Waals surface area contributed by atoms with Crippen molar-refractivity contribution in [1.82, 2.24) is 9.88 Å². The zero-order valence-corrected chi connectivity index (χ0v) is 14.2. The van der Waals surface area contributed by atoms with Gasteiger partial charge in [-0.2, -0.15) is 0 Å². The molecule has 0 saturated heterocycles. The topological polar surface area (TPSA) is 79.2 Å². The number of aromatic nitrogens is 1. The molecule has 2 aromatic carbocycles. The Balaban J connectivity index is 2.16. The number of nitro benzene ring substituents is 1. The summed E-state index contributed by atoms with van der Waals surface area (Å²) in [6.07, 6.45) is 0. The molecule has 1 heterocycles. The van der Waals surface area contributed by atoms with Gasteiger partial charge in [0, 0.05) is 35.8 Å². The lowest BCUT2D eigenvalue weighted by Gasteiger charge is -2.18. The predicted molar refractivity (Wildman–Crippen MR) is 97.6 cm³/mol. The maximum Gasteiger partial charge on any atom is 0.294 e. The van der Waals surface area contributed by atoms with Crippen LogP contribution in [-0.2, 0) is 0 Å². The third-order valence-corrected chi connectivity index (χ3v) is 4.29. The second kappa shape index (κ2) is 6.76. The molecule has 0 spiro atoms. The summed E-state index contributed by atoms with van der Waals surface area (Å²) in [6.45, 7) is 4.89. The van der Waals surface area contributed by atoms with E-state index >= 15 is 0 Å². The van der Waals surface area contributed by atoms with Crippen LogP contribution in [0.2, 0.25) is 0 Å². The molecule has 25 heavy (non-hydrogen) atoms. The Morgan fingerprint density at radius 2 is 1.80 bits per heavy atom. The fraction of sp³-hybridized carbons (Fsp3) is 0.211. The molecule has 6 nitrogen and oxygen atoms in total. The summed E-state index contributed by atoms with van der Waals surface area (Å²) in [4.78, 5) is 28.4. The molecule has 1 aromatic heterocycles. The van der Waals surface area contributed by atoms with Gasteiger partial charge in [0.05, 0.1) is 4.92 Å². The molecule has 0 radical (unpaired) electrons. The molecule has 128 valence electrons. The molecule has 3 rings (SSSR count). The lowest BCUT2D eigenvalue weighted by molar-refractivity contribution is -0.383. The van der Waals surface area contributed by atoms with Crippen LogP contribution in [0.1, 0.15) is 24.2 Å². The van der Waals surface area contributed by atoms with Crippen molar-refractivity contribution < 1.29 is 9.72 Å². The number of hydrogen-bond donors (Lipinski definition) is 1. The number of carbonyl (C=O) groups excluding carboxylic acids is 1. The second-order valence-electron chi connectivity index (χ2n) is 5.74. The van der Waals surface area contributed by atoms with Crippen molar-refractivity contribution in [2.45, 2.75) is 13.8 Å². The number of amides is 1. The van der Waals surface area contributed by atoms with Gasteiger partial charge in [-0.05, 0) is 31.5 Å². The molecule has 0 aliphatic carbocycles. The predicted octanol–water partition coefficient (Wildman–Crippen LogP) is 4.23. The number of aromatic amines is 1. The van der Waals surface area contributed by atoms with E-state index in [1.807, 2.05) is 50.2 Å². The van der Waals surface area contributed by atoms with Crippen LogP contribution in [0.5, 0.6) is 0 Å². The number of carbonyl (C=O) groups is 1. The minimum absolute atomic E-state index is 0.0878. The summed E-state index contributed by atoms with van der Waals surface area (Å²) in [6, 6.07) is 14.5. The first-order valence-corrected chi connectivity index (χ1v) is 8.21. The SMILES string of the molecule is CCN(CC)C(=O)c1cc([N+](=O)[O-])c2[nH]c(-c3ccccc3)cc2c1. The van der Waals surface area contributed by atoms with Crippen molar-refractivity contribution in [1.29, 1.82) is 0 Å². The first kappa shape index (κ1) is 16.7. The van der Waals surface area contributed by atoms with Crippen LogP contribution in [0.25, 0.3) is 22.2 Å². The quantitative estimate of drug-likeness (QED) is 0.559. The second-order valence-corrected chi connectivity index (χ2v) is 5.74. The van der Waals surface area contributed by atoms with Crippen LogP contribution in [0.4, 0.5) is 5.69 Å². The number of hydrogen-bond acceptors (Lipinski definition) is 3. The third-order valence-electron chi connectivity index (χ3n) is 4.29. The van der Waals surface area contributed by atoms with Gasteiger partial charge in [-0.15, -0.1) is 0 Å². The summed E-state index contributed by atoms with van der Waals surface area (Å²) >= 11 is 0. The molecule has 6 heteroatoms. The van der Waals surface area contributed by atoms with Gasteiger partial charge in [-0.25, -0.2) is 0 Å². The number of benzene rings is 2. The molecule has 0 aliphatic heterocycles. The highest BCUT2D eigenvalue weighted by Crippen LogP contribution is 2.31. The Morgan fingerprint density at radius 1 is 1.12 bits per heavy atom. The highest BCUT2D eigenvalue weighted by molar-refractivity contribution is 6.02. The van der Waals surface area contributed by atoms with Crippen molar-refractivity contribution in [2.75, 3.05) is 13.1 Å². The Labute approximate surface area is 145 Å². The monoisotopic (exact) mass is 337 g/mol. The van der Waals surface area contributed by atoms with Crippen molar-refractivity contribution in [3.63, 3.8) is 0 Å². The van der Waals surface area contributed by atoms with E-state index in [0.29, 0.717) is 29.6 Å². The first-order valence-electron chi connectivity index (χ1n) is 8.21. The molecule has 1 amide bonds. The number of H-pyrrole nitrogens is 1. The molecular weight excluding hydrogens is 318 g/mol. The minimum atomic E-state index is -0.452. The Bertz CT molecular complexity index is 928. The first-order chi connectivity index (χ1) is 12.0.